The quantitative estimate of drug-likeness (QED) is 0.702. The third-order valence-corrected chi connectivity index (χ3v) is 5.01. The van der Waals surface area contributed by atoms with Crippen LogP contribution in [0, 0.1) is 12.7 Å². The van der Waals surface area contributed by atoms with Crippen LogP contribution in [0.2, 0.25) is 0 Å². The van der Waals surface area contributed by atoms with Crippen LogP contribution in [-0.2, 0) is 4.79 Å². The molecule has 1 aliphatic rings. The van der Waals surface area contributed by atoms with E-state index in [1.165, 1.54) is 31.4 Å². The molecule has 8 heteroatoms. The maximum absolute atomic E-state index is 14.2. The highest BCUT2D eigenvalue weighted by Gasteiger charge is 2.24. The van der Waals surface area contributed by atoms with Crippen LogP contribution in [0.15, 0.2) is 36.4 Å². The van der Waals surface area contributed by atoms with E-state index >= 15 is 0 Å². The van der Waals surface area contributed by atoms with E-state index < -0.39 is 23.7 Å². The van der Waals surface area contributed by atoms with E-state index in [9.17, 15) is 18.8 Å². The topological polar surface area (TPSA) is 96.5 Å². The van der Waals surface area contributed by atoms with Crippen molar-refractivity contribution in [1.29, 1.82) is 0 Å². The molecule has 3 amide bonds. The van der Waals surface area contributed by atoms with Crippen LogP contribution in [0.1, 0.15) is 45.5 Å². The molecular formula is C22H24FN3O4. The van der Waals surface area contributed by atoms with Gasteiger partial charge in [-0.25, -0.2) is 4.39 Å². The largest absolute Gasteiger partial charge is 0.496 e. The van der Waals surface area contributed by atoms with E-state index in [0.717, 1.165) is 12.8 Å². The molecule has 1 unspecified atom stereocenters. The Balaban J connectivity index is 1.79. The summed E-state index contributed by atoms with van der Waals surface area (Å²) in [4.78, 5) is 37.4. The summed E-state index contributed by atoms with van der Waals surface area (Å²) in [5, 5.41) is 8.16. The number of aryl methyl sites for hydroxylation is 1. The molecule has 2 aromatic rings. The molecule has 0 saturated carbocycles. The Bertz CT molecular complexity index is 977. The van der Waals surface area contributed by atoms with E-state index in [4.69, 9.17) is 4.74 Å². The van der Waals surface area contributed by atoms with Crippen molar-refractivity contribution in [2.75, 3.05) is 19.0 Å². The van der Waals surface area contributed by atoms with Crippen LogP contribution in [0.5, 0.6) is 5.75 Å². The fraction of sp³-hybridized carbons (Fsp3) is 0.318. The monoisotopic (exact) mass is 413 g/mol. The number of anilines is 1. The summed E-state index contributed by atoms with van der Waals surface area (Å²) in [5.74, 6) is -1.91. The lowest BCUT2D eigenvalue weighted by Crippen LogP contribution is -2.45. The number of methoxy groups -OCH3 is 1. The molecule has 30 heavy (non-hydrogen) atoms. The summed E-state index contributed by atoms with van der Waals surface area (Å²) >= 11 is 0. The Kier molecular flexibility index (Phi) is 6.66. The van der Waals surface area contributed by atoms with Crippen molar-refractivity contribution < 1.29 is 23.5 Å². The molecule has 1 saturated heterocycles. The predicted molar refractivity (Wildman–Crippen MR) is 110 cm³/mol. The predicted octanol–water partition coefficient (Wildman–Crippen LogP) is 2.79. The standard InChI is InChI=1S/C22H24FN3O4/c1-13-9-10-14(20(27)25-16-7-3-4-11-24-21(16)28)12-17(13)26-22(29)19-15(23)6-5-8-18(19)30-2/h5-6,8-10,12,16H,3-4,7,11H2,1-2H3,(H,24,28)(H,25,27)(H,26,29). The minimum absolute atomic E-state index is 0.110. The van der Waals surface area contributed by atoms with Gasteiger partial charge in [0, 0.05) is 17.8 Å². The second-order valence-corrected chi connectivity index (χ2v) is 7.11. The Labute approximate surface area is 174 Å². The van der Waals surface area contributed by atoms with Crippen molar-refractivity contribution >= 4 is 23.4 Å². The van der Waals surface area contributed by atoms with Gasteiger partial charge in [-0.15, -0.1) is 0 Å². The molecule has 0 bridgehead atoms. The summed E-state index contributed by atoms with van der Waals surface area (Å²) in [7, 11) is 1.35. The van der Waals surface area contributed by atoms with Gasteiger partial charge in [0.2, 0.25) is 5.91 Å². The van der Waals surface area contributed by atoms with Gasteiger partial charge in [-0.3, -0.25) is 14.4 Å². The summed E-state index contributed by atoms with van der Waals surface area (Å²) < 4.78 is 19.3. The summed E-state index contributed by atoms with van der Waals surface area (Å²) in [6.45, 7) is 2.36. The Morgan fingerprint density at radius 3 is 2.73 bits per heavy atom. The number of rotatable bonds is 5. The van der Waals surface area contributed by atoms with E-state index in [1.807, 2.05) is 0 Å². The molecule has 0 spiro atoms. The van der Waals surface area contributed by atoms with E-state index in [-0.39, 0.29) is 22.8 Å². The molecule has 1 atom stereocenters. The molecule has 3 rings (SSSR count). The van der Waals surface area contributed by atoms with Crippen LogP contribution >= 0.6 is 0 Å². The zero-order valence-corrected chi connectivity index (χ0v) is 16.9. The molecule has 1 heterocycles. The first kappa shape index (κ1) is 21.3. The normalized spacial score (nSPS) is 16.2. The number of halogens is 1. The average Bonchev–Trinajstić information content (AvgIpc) is 2.93. The second-order valence-electron chi connectivity index (χ2n) is 7.11. The number of amides is 3. The Hall–Kier alpha value is -3.42. The highest BCUT2D eigenvalue weighted by atomic mass is 19.1. The Morgan fingerprint density at radius 2 is 1.97 bits per heavy atom. The summed E-state index contributed by atoms with van der Waals surface area (Å²) in [6, 6.07) is 8.31. The van der Waals surface area contributed by atoms with Crippen molar-refractivity contribution in [2.45, 2.75) is 32.2 Å². The number of ether oxygens (including phenoxy) is 1. The van der Waals surface area contributed by atoms with E-state index in [2.05, 4.69) is 16.0 Å². The zero-order valence-electron chi connectivity index (χ0n) is 16.9. The van der Waals surface area contributed by atoms with Crippen molar-refractivity contribution in [3.8, 4) is 5.75 Å². The molecule has 2 aromatic carbocycles. The number of hydrogen-bond acceptors (Lipinski definition) is 4. The fourth-order valence-electron chi connectivity index (χ4n) is 3.30. The molecule has 3 N–H and O–H groups in total. The minimum Gasteiger partial charge on any atom is -0.496 e. The number of benzene rings is 2. The highest BCUT2D eigenvalue weighted by Crippen LogP contribution is 2.24. The lowest BCUT2D eigenvalue weighted by atomic mass is 10.1. The highest BCUT2D eigenvalue weighted by molar-refractivity contribution is 6.07. The number of carbonyl (C=O) groups is 3. The lowest BCUT2D eigenvalue weighted by Gasteiger charge is -2.16. The summed E-state index contributed by atoms with van der Waals surface area (Å²) in [5.41, 5.74) is 1.13. The first-order chi connectivity index (χ1) is 14.4. The molecular weight excluding hydrogens is 389 g/mol. The number of nitrogens with one attached hydrogen (secondary N) is 3. The molecule has 0 aromatic heterocycles. The first-order valence-electron chi connectivity index (χ1n) is 9.73. The van der Waals surface area contributed by atoms with Gasteiger partial charge in [-0.05, 0) is 56.0 Å². The van der Waals surface area contributed by atoms with Gasteiger partial charge in [-0.1, -0.05) is 12.1 Å². The molecule has 7 nitrogen and oxygen atoms in total. The van der Waals surface area contributed by atoms with Crippen molar-refractivity contribution in [2.24, 2.45) is 0 Å². The third-order valence-electron chi connectivity index (χ3n) is 5.01. The molecule has 1 aliphatic heterocycles. The van der Waals surface area contributed by atoms with Crippen LogP contribution < -0.4 is 20.7 Å². The maximum Gasteiger partial charge on any atom is 0.262 e. The third kappa shape index (κ3) is 4.76. The van der Waals surface area contributed by atoms with Crippen LogP contribution in [-0.4, -0.2) is 37.4 Å². The van der Waals surface area contributed by atoms with E-state index in [1.54, 1.807) is 19.1 Å². The van der Waals surface area contributed by atoms with Gasteiger partial charge < -0.3 is 20.7 Å². The Morgan fingerprint density at radius 1 is 1.17 bits per heavy atom. The lowest BCUT2D eigenvalue weighted by molar-refractivity contribution is -0.122. The van der Waals surface area contributed by atoms with Gasteiger partial charge in [0.05, 0.1) is 7.11 Å². The van der Waals surface area contributed by atoms with Crippen LogP contribution in [0.4, 0.5) is 10.1 Å². The second kappa shape index (κ2) is 9.39. The van der Waals surface area contributed by atoms with Crippen molar-refractivity contribution in [1.82, 2.24) is 10.6 Å². The molecule has 0 aliphatic carbocycles. The first-order valence-corrected chi connectivity index (χ1v) is 9.73. The summed E-state index contributed by atoms with van der Waals surface area (Å²) in [6.07, 6.45) is 2.28. The number of carbonyl (C=O) groups excluding carboxylic acids is 3. The average molecular weight is 413 g/mol. The zero-order chi connectivity index (χ0) is 21.7. The smallest absolute Gasteiger partial charge is 0.262 e. The van der Waals surface area contributed by atoms with Crippen molar-refractivity contribution in [3.63, 3.8) is 0 Å². The van der Waals surface area contributed by atoms with Crippen LogP contribution in [0.25, 0.3) is 0 Å². The van der Waals surface area contributed by atoms with Gasteiger partial charge in [-0.2, -0.15) is 0 Å². The molecule has 1 fully saturated rings. The SMILES string of the molecule is COc1cccc(F)c1C(=O)Nc1cc(C(=O)NC2CCCCNC2=O)ccc1C. The van der Waals surface area contributed by atoms with E-state index in [0.29, 0.717) is 24.2 Å². The maximum atomic E-state index is 14.2. The minimum atomic E-state index is -0.710. The molecule has 0 radical (unpaired) electrons. The van der Waals surface area contributed by atoms with Gasteiger partial charge in [0.1, 0.15) is 23.2 Å². The number of hydrogen-bond donors (Lipinski definition) is 3. The van der Waals surface area contributed by atoms with Gasteiger partial charge >= 0.3 is 0 Å². The van der Waals surface area contributed by atoms with Gasteiger partial charge in [0.15, 0.2) is 0 Å². The van der Waals surface area contributed by atoms with Crippen LogP contribution in [0.3, 0.4) is 0 Å². The fourth-order valence-corrected chi connectivity index (χ4v) is 3.30. The van der Waals surface area contributed by atoms with Gasteiger partial charge in [0.25, 0.3) is 11.8 Å². The van der Waals surface area contributed by atoms with Crippen molar-refractivity contribution in [3.05, 3.63) is 58.9 Å². The molecule has 158 valence electrons.